The predicted octanol–water partition coefficient (Wildman–Crippen LogP) is 3.02. The Bertz CT molecular complexity index is 713. The molecule has 126 valence electrons. The zero-order valence-corrected chi connectivity index (χ0v) is 14.0. The van der Waals surface area contributed by atoms with Crippen molar-refractivity contribution in [1.29, 1.82) is 0 Å². The number of carbonyl (C=O) groups is 2. The molecule has 0 fully saturated rings. The van der Waals surface area contributed by atoms with Gasteiger partial charge < -0.3 is 15.4 Å². The minimum Gasteiger partial charge on any atom is -0.493 e. The van der Waals surface area contributed by atoms with Crippen LogP contribution in [-0.4, -0.2) is 25.0 Å². The second kappa shape index (κ2) is 8.72. The maximum Gasteiger partial charge on any atom is 0.255 e. The van der Waals surface area contributed by atoms with Crippen LogP contribution in [0.1, 0.15) is 29.8 Å². The van der Waals surface area contributed by atoms with E-state index in [0.29, 0.717) is 17.9 Å². The Morgan fingerprint density at radius 2 is 1.83 bits per heavy atom. The largest absolute Gasteiger partial charge is 0.493 e. The van der Waals surface area contributed by atoms with Crippen molar-refractivity contribution >= 4 is 17.5 Å². The van der Waals surface area contributed by atoms with Crippen LogP contribution in [0.5, 0.6) is 5.75 Å². The van der Waals surface area contributed by atoms with Gasteiger partial charge in [0.15, 0.2) is 0 Å². The molecule has 0 aliphatic heterocycles. The van der Waals surface area contributed by atoms with Crippen LogP contribution < -0.4 is 15.4 Å². The van der Waals surface area contributed by atoms with Gasteiger partial charge in [-0.2, -0.15) is 0 Å². The van der Waals surface area contributed by atoms with Gasteiger partial charge in [-0.15, -0.1) is 0 Å². The van der Waals surface area contributed by atoms with E-state index in [1.165, 1.54) is 0 Å². The minimum atomic E-state index is -0.337. The van der Waals surface area contributed by atoms with Gasteiger partial charge in [0.05, 0.1) is 18.7 Å². The maximum atomic E-state index is 12.2. The van der Waals surface area contributed by atoms with Crippen molar-refractivity contribution in [2.24, 2.45) is 0 Å². The molecule has 0 saturated carbocycles. The molecule has 0 atom stereocenters. The Balaban J connectivity index is 1.92. The molecule has 0 radical (unpaired) electrons. The van der Waals surface area contributed by atoms with E-state index in [9.17, 15) is 9.59 Å². The van der Waals surface area contributed by atoms with Gasteiger partial charge in [-0.25, -0.2) is 0 Å². The van der Waals surface area contributed by atoms with Gasteiger partial charge >= 0.3 is 0 Å². The summed E-state index contributed by atoms with van der Waals surface area (Å²) >= 11 is 0. The fourth-order valence-electron chi connectivity index (χ4n) is 2.27. The summed E-state index contributed by atoms with van der Waals surface area (Å²) in [5, 5.41) is 5.39. The molecule has 0 aromatic heterocycles. The average molecular weight is 326 g/mol. The Hall–Kier alpha value is -2.82. The number of ether oxygens (including phenoxy) is 1. The highest BCUT2D eigenvalue weighted by Gasteiger charge is 2.13. The molecule has 0 spiro atoms. The summed E-state index contributed by atoms with van der Waals surface area (Å²) in [7, 11) is 0. The number of benzene rings is 2. The SMILES string of the molecule is CCOc1ccccc1C(=O)NCC(=O)Nc1cccc(CC)c1. The molecule has 0 aliphatic rings. The lowest BCUT2D eigenvalue weighted by atomic mass is 10.1. The van der Waals surface area contributed by atoms with Crippen LogP contribution in [0.15, 0.2) is 48.5 Å². The number of hydrogen-bond acceptors (Lipinski definition) is 3. The molecule has 24 heavy (non-hydrogen) atoms. The third-order valence-electron chi connectivity index (χ3n) is 3.46. The standard InChI is InChI=1S/C19H22N2O3/c1-3-14-8-7-9-15(12-14)21-18(22)13-20-19(23)16-10-5-6-11-17(16)24-4-2/h5-12H,3-4,13H2,1-2H3,(H,20,23)(H,21,22). The number of aryl methyl sites for hydroxylation is 1. The third-order valence-corrected chi connectivity index (χ3v) is 3.46. The highest BCUT2D eigenvalue weighted by molar-refractivity contribution is 6.00. The van der Waals surface area contributed by atoms with Crippen molar-refractivity contribution in [2.45, 2.75) is 20.3 Å². The molecular formula is C19H22N2O3. The fraction of sp³-hybridized carbons (Fsp3) is 0.263. The Morgan fingerprint density at radius 3 is 2.58 bits per heavy atom. The summed E-state index contributed by atoms with van der Waals surface area (Å²) in [5.74, 6) is -0.101. The molecular weight excluding hydrogens is 304 g/mol. The molecule has 2 rings (SSSR count). The number of nitrogens with one attached hydrogen (secondary N) is 2. The van der Waals surface area contributed by atoms with Crippen LogP contribution in [0.4, 0.5) is 5.69 Å². The van der Waals surface area contributed by atoms with Gasteiger partial charge in [0.1, 0.15) is 5.75 Å². The van der Waals surface area contributed by atoms with Crippen LogP contribution in [0.25, 0.3) is 0 Å². The van der Waals surface area contributed by atoms with Gasteiger partial charge in [0.2, 0.25) is 5.91 Å². The van der Waals surface area contributed by atoms with E-state index in [-0.39, 0.29) is 18.4 Å². The van der Waals surface area contributed by atoms with Crippen molar-refractivity contribution in [3.8, 4) is 5.75 Å². The van der Waals surface area contributed by atoms with Gasteiger partial charge in [0.25, 0.3) is 5.91 Å². The molecule has 2 amide bonds. The van der Waals surface area contributed by atoms with E-state index in [4.69, 9.17) is 4.74 Å². The highest BCUT2D eigenvalue weighted by atomic mass is 16.5. The number of para-hydroxylation sites is 1. The molecule has 0 bridgehead atoms. The first kappa shape index (κ1) is 17.5. The number of carbonyl (C=O) groups excluding carboxylic acids is 2. The van der Waals surface area contributed by atoms with Gasteiger partial charge in [-0.1, -0.05) is 31.2 Å². The fourth-order valence-corrected chi connectivity index (χ4v) is 2.27. The van der Waals surface area contributed by atoms with Crippen LogP contribution in [0.2, 0.25) is 0 Å². The Morgan fingerprint density at radius 1 is 1.04 bits per heavy atom. The smallest absolute Gasteiger partial charge is 0.255 e. The predicted molar refractivity (Wildman–Crippen MR) is 94.4 cm³/mol. The maximum absolute atomic E-state index is 12.2. The zero-order chi connectivity index (χ0) is 17.4. The number of amides is 2. The summed E-state index contributed by atoms with van der Waals surface area (Å²) < 4.78 is 5.42. The minimum absolute atomic E-state index is 0.102. The number of hydrogen-bond donors (Lipinski definition) is 2. The van der Waals surface area contributed by atoms with Gasteiger partial charge in [-0.3, -0.25) is 9.59 Å². The lowest BCUT2D eigenvalue weighted by molar-refractivity contribution is -0.115. The molecule has 2 N–H and O–H groups in total. The second-order valence-electron chi connectivity index (χ2n) is 5.21. The molecule has 0 heterocycles. The number of rotatable bonds is 7. The summed E-state index contributed by atoms with van der Waals surface area (Å²) in [6.45, 7) is 4.28. The highest BCUT2D eigenvalue weighted by Crippen LogP contribution is 2.17. The first-order valence-corrected chi connectivity index (χ1v) is 8.02. The second-order valence-corrected chi connectivity index (χ2v) is 5.21. The van der Waals surface area contributed by atoms with Crippen molar-refractivity contribution in [1.82, 2.24) is 5.32 Å². The first-order chi connectivity index (χ1) is 11.6. The molecule has 0 unspecified atom stereocenters. The van der Waals surface area contributed by atoms with Crippen molar-refractivity contribution in [2.75, 3.05) is 18.5 Å². The van der Waals surface area contributed by atoms with E-state index in [2.05, 4.69) is 17.6 Å². The Labute approximate surface area is 142 Å². The van der Waals surface area contributed by atoms with E-state index < -0.39 is 0 Å². The summed E-state index contributed by atoms with van der Waals surface area (Å²) in [6.07, 6.45) is 0.897. The van der Waals surface area contributed by atoms with E-state index >= 15 is 0 Å². The molecule has 5 heteroatoms. The molecule has 2 aromatic rings. The van der Waals surface area contributed by atoms with Crippen molar-refractivity contribution in [3.63, 3.8) is 0 Å². The van der Waals surface area contributed by atoms with E-state index in [1.54, 1.807) is 24.3 Å². The molecule has 2 aromatic carbocycles. The quantitative estimate of drug-likeness (QED) is 0.822. The normalized spacial score (nSPS) is 10.1. The van der Waals surface area contributed by atoms with E-state index in [0.717, 1.165) is 17.7 Å². The van der Waals surface area contributed by atoms with Crippen LogP contribution in [0, 0.1) is 0 Å². The van der Waals surface area contributed by atoms with Crippen LogP contribution >= 0.6 is 0 Å². The Kier molecular flexibility index (Phi) is 6.37. The van der Waals surface area contributed by atoms with Gasteiger partial charge in [-0.05, 0) is 43.2 Å². The van der Waals surface area contributed by atoms with Crippen LogP contribution in [-0.2, 0) is 11.2 Å². The average Bonchev–Trinajstić information content (AvgIpc) is 2.60. The lowest BCUT2D eigenvalue weighted by Crippen LogP contribution is -2.33. The van der Waals surface area contributed by atoms with Gasteiger partial charge in [0, 0.05) is 5.69 Å². The van der Waals surface area contributed by atoms with E-state index in [1.807, 2.05) is 31.2 Å². The topological polar surface area (TPSA) is 67.4 Å². The summed E-state index contributed by atoms with van der Waals surface area (Å²) in [4.78, 5) is 24.2. The zero-order valence-electron chi connectivity index (χ0n) is 14.0. The lowest BCUT2D eigenvalue weighted by Gasteiger charge is -2.11. The molecule has 5 nitrogen and oxygen atoms in total. The molecule has 0 aliphatic carbocycles. The summed E-state index contributed by atoms with van der Waals surface area (Å²) in [5.41, 5.74) is 2.28. The number of anilines is 1. The summed E-state index contributed by atoms with van der Waals surface area (Å²) in [6, 6.07) is 14.6. The first-order valence-electron chi connectivity index (χ1n) is 8.02. The molecule has 0 saturated heterocycles. The monoisotopic (exact) mass is 326 g/mol. The van der Waals surface area contributed by atoms with Crippen molar-refractivity contribution < 1.29 is 14.3 Å². The third kappa shape index (κ3) is 4.84. The van der Waals surface area contributed by atoms with Crippen LogP contribution in [0.3, 0.4) is 0 Å². The van der Waals surface area contributed by atoms with Crippen molar-refractivity contribution in [3.05, 3.63) is 59.7 Å².